The fourth-order valence-corrected chi connectivity index (χ4v) is 2.22. The molecule has 0 spiro atoms. The van der Waals surface area contributed by atoms with E-state index in [0.717, 1.165) is 12.1 Å². The number of benzene rings is 2. The lowest BCUT2D eigenvalue weighted by Crippen LogP contribution is -2.14. The minimum atomic E-state index is -1.08. The molecule has 0 heterocycles. The highest BCUT2D eigenvalue weighted by Crippen LogP contribution is 2.32. The van der Waals surface area contributed by atoms with E-state index in [-0.39, 0.29) is 21.2 Å². The molecule has 100 valence electrons. The van der Waals surface area contributed by atoms with Crippen LogP contribution in [0.25, 0.3) is 0 Å². The zero-order chi connectivity index (χ0) is 14.2. The first kappa shape index (κ1) is 14.2. The van der Waals surface area contributed by atoms with Gasteiger partial charge in [0.2, 0.25) is 0 Å². The third-order valence-electron chi connectivity index (χ3n) is 2.69. The van der Waals surface area contributed by atoms with E-state index in [4.69, 9.17) is 28.9 Å². The zero-order valence-corrected chi connectivity index (χ0v) is 10.9. The first-order valence-corrected chi connectivity index (χ1v) is 6.01. The summed E-state index contributed by atoms with van der Waals surface area (Å²) >= 11 is 11.6. The van der Waals surface area contributed by atoms with Crippen LogP contribution in [0.3, 0.4) is 0 Å². The third kappa shape index (κ3) is 2.71. The number of hydrogen-bond acceptors (Lipinski definition) is 1. The lowest BCUT2D eigenvalue weighted by Gasteiger charge is -2.16. The quantitative estimate of drug-likeness (QED) is 0.815. The number of hydrogen-bond donors (Lipinski definition) is 1. The molecule has 0 amide bonds. The van der Waals surface area contributed by atoms with Gasteiger partial charge in [-0.2, -0.15) is 0 Å². The summed E-state index contributed by atoms with van der Waals surface area (Å²) in [5, 5.41) is -0.220. The van der Waals surface area contributed by atoms with Crippen molar-refractivity contribution >= 4 is 23.2 Å². The maximum atomic E-state index is 13.3. The lowest BCUT2D eigenvalue weighted by atomic mass is 9.99. The Morgan fingerprint density at radius 2 is 1.53 bits per heavy atom. The molecule has 0 fully saturated rings. The summed E-state index contributed by atoms with van der Waals surface area (Å²) < 4.78 is 39.5. The molecule has 0 saturated carbocycles. The van der Waals surface area contributed by atoms with Crippen LogP contribution >= 0.6 is 23.2 Å². The summed E-state index contributed by atoms with van der Waals surface area (Å²) in [6.45, 7) is 0. The Morgan fingerprint density at radius 1 is 0.895 bits per heavy atom. The molecule has 1 atom stereocenters. The van der Waals surface area contributed by atoms with Gasteiger partial charge in [-0.15, -0.1) is 0 Å². The average Bonchev–Trinajstić information content (AvgIpc) is 2.36. The molecule has 0 aliphatic heterocycles. The van der Waals surface area contributed by atoms with E-state index in [1.807, 2.05) is 0 Å². The summed E-state index contributed by atoms with van der Waals surface area (Å²) in [6, 6.07) is 4.83. The molecular weight excluding hydrogens is 298 g/mol. The SMILES string of the molecule is NC(c1cc(F)c(F)cc1Cl)c1cccc(F)c1Cl. The van der Waals surface area contributed by atoms with Crippen LogP contribution in [0.2, 0.25) is 10.0 Å². The molecule has 0 radical (unpaired) electrons. The Labute approximate surface area is 117 Å². The normalized spacial score (nSPS) is 12.5. The smallest absolute Gasteiger partial charge is 0.160 e. The van der Waals surface area contributed by atoms with Crippen molar-refractivity contribution in [1.29, 1.82) is 0 Å². The summed E-state index contributed by atoms with van der Waals surface area (Å²) in [4.78, 5) is 0. The highest BCUT2D eigenvalue weighted by Gasteiger charge is 2.19. The summed E-state index contributed by atoms with van der Waals surface area (Å²) in [6.07, 6.45) is 0. The van der Waals surface area contributed by atoms with Gasteiger partial charge in [-0.25, -0.2) is 13.2 Å². The Bertz CT molecular complexity index is 632. The molecule has 2 N–H and O–H groups in total. The molecule has 0 aromatic heterocycles. The number of nitrogens with two attached hydrogens (primary N) is 1. The second-order valence-electron chi connectivity index (χ2n) is 3.91. The van der Waals surface area contributed by atoms with Crippen LogP contribution in [-0.4, -0.2) is 0 Å². The fraction of sp³-hybridized carbons (Fsp3) is 0.0769. The van der Waals surface area contributed by atoms with Crippen molar-refractivity contribution in [3.8, 4) is 0 Å². The van der Waals surface area contributed by atoms with Gasteiger partial charge >= 0.3 is 0 Å². The Kier molecular flexibility index (Phi) is 4.04. The molecule has 0 saturated heterocycles. The van der Waals surface area contributed by atoms with Crippen LogP contribution in [0, 0.1) is 17.5 Å². The van der Waals surface area contributed by atoms with Gasteiger partial charge in [0.1, 0.15) is 5.82 Å². The molecule has 2 rings (SSSR count). The molecule has 1 unspecified atom stereocenters. The fourth-order valence-electron chi connectivity index (χ4n) is 1.70. The maximum absolute atomic E-state index is 13.3. The van der Waals surface area contributed by atoms with E-state index in [9.17, 15) is 13.2 Å². The summed E-state index contributed by atoms with van der Waals surface area (Å²) in [7, 11) is 0. The molecule has 0 aliphatic carbocycles. The monoisotopic (exact) mass is 305 g/mol. The maximum Gasteiger partial charge on any atom is 0.160 e. The lowest BCUT2D eigenvalue weighted by molar-refractivity contribution is 0.506. The highest BCUT2D eigenvalue weighted by molar-refractivity contribution is 6.32. The van der Waals surface area contributed by atoms with Crippen molar-refractivity contribution in [2.24, 2.45) is 5.73 Å². The van der Waals surface area contributed by atoms with Crippen LogP contribution in [-0.2, 0) is 0 Å². The standard InChI is InChI=1S/C13H8Cl2F3N/c14-8-5-11(18)10(17)4-7(8)13(19)6-2-1-3-9(16)12(6)15/h1-5,13H,19H2. The Balaban J connectivity index is 2.53. The topological polar surface area (TPSA) is 26.0 Å². The van der Waals surface area contributed by atoms with Crippen LogP contribution in [0.15, 0.2) is 30.3 Å². The second kappa shape index (κ2) is 5.41. The van der Waals surface area contributed by atoms with Gasteiger partial charge in [-0.05, 0) is 29.3 Å². The molecule has 19 heavy (non-hydrogen) atoms. The predicted molar refractivity (Wildman–Crippen MR) is 68.8 cm³/mol. The average molecular weight is 306 g/mol. The van der Waals surface area contributed by atoms with Crippen LogP contribution in [0.1, 0.15) is 17.2 Å². The van der Waals surface area contributed by atoms with E-state index in [0.29, 0.717) is 0 Å². The second-order valence-corrected chi connectivity index (χ2v) is 4.69. The van der Waals surface area contributed by atoms with Gasteiger partial charge in [0, 0.05) is 5.02 Å². The third-order valence-corrected chi connectivity index (χ3v) is 3.42. The van der Waals surface area contributed by atoms with Gasteiger partial charge in [0.15, 0.2) is 11.6 Å². The first-order chi connectivity index (χ1) is 8.91. The summed E-state index contributed by atoms with van der Waals surface area (Å²) in [5.74, 6) is -2.80. The predicted octanol–water partition coefficient (Wildman–Crippen LogP) is 4.46. The Hall–Kier alpha value is -1.23. The van der Waals surface area contributed by atoms with Crippen LogP contribution in [0.4, 0.5) is 13.2 Å². The molecule has 1 nitrogen and oxygen atoms in total. The van der Waals surface area contributed by atoms with Crippen LogP contribution in [0.5, 0.6) is 0 Å². The van der Waals surface area contributed by atoms with E-state index in [1.165, 1.54) is 18.2 Å². The van der Waals surface area contributed by atoms with Crippen molar-refractivity contribution in [1.82, 2.24) is 0 Å². The highest BCUT2D eigenvalue weighted by atomic mass is 35.5. The molecule has 6 heteroatoms. The Morgan fingerprint density at radius 3 is 2.21 bits per heavy atom. The molecule has 0 bridgehead atoms. The van der Waals surface area contributed by atoms with Crippen molar-refractivity contribution in [2.75, 3.05) is 0 Å². The summed E-state index contributed by atoms with van der Waals surface area (Å²) in [5.41, 5.74) is 6.26. The van der Waals surface area contributed by atoms with Gasteiger partial charge in [0.05, 0.1) is 11.1 Å². The van der Waals surface area contributed by atoms with E-state index < -0.39 is 23.5 Å². The molecule has 0 aliphatic rings. The van der Waals surface area contributed by atoms with Crippen molar-refractivity contribution in [3.63, 3.8) is 0 Å². The van der Waals surface area contributed by atoms with Crippen molar-refractivity contribution in [3.05, 3.63) is 69.0 Å². The van der Waals surface area contributed by atoms with Gasteiger partial charge in [-0.1, -0.05) is 35.3 Å². The molecule has 2 aromatic rings. The largest absolute Gasteiger partial charge is 0.320 e. The molecular formula is C13H8Cl2F3N. The van der Waals surface area contributed by atoms with Gasteiger partial charge in [-0.3, -0.25) is 0 Å². The van der Waals surface area contributed by atoms with E-state index in [2.05, 4.69) is 0 Å². The van der Waals surface area contributed by atoms with E-state index in [1.54, 1.807) is 0 Å². The molecule has 2 aromatic carbocycles. The minimum absolute atomic E-state index is 0.0493. The number of rotatable bonds is 2. The van der Waals surface area contributed by atoms with Crippen LogP contribution < -0.4 is 5.73 Å². The van der Waals surface area contributed by atoms with Gasteiger partial charge in [0.25, 0.3) is 0 Å². The van der Waals surface area contributed by atoms with E-state index >= 15 is 0 Å². The zero-order valence-electron chi connectivity index (χ0n) is 9.43. The first-order valence-electron chi connectivity index (χ1n) is 5.25. The van der Waals surface area contributed by atoms with Crippen molar-refractivity contribution in [2.45, 2.75) is 6.04 Å². The van der Waals surface area contributed by atoms with Crippen molar-refractivity contribution < 1.29 is 13.2 Å². The number of halogens is 5. The van der Waals surface area contributed by atoms with Gasteiger partial charge < -0.3 is 5.73 Å². The minimum Gasteiger partial charge on any atom is -0.320 e.